The first-order valence-electron chi connectivity index (χ1n) is 8.45. The van der Waals surface area contributed by atoms with Crippen LogP contribution in [0.4, 0.5) is 9.18 Å². The van der Waals surface area contributed by atoms with Crippen LogP contribution in [0.15, 0.2) is 24.3 Å². The number of piperidine rings is 1. The van der Waals surface area contributed by atoms with Gasteiger partial charge in [-0.1, -0.05) is 0 Å². The summed E-state index contributed by atoms with van der Waals surface area (Å²) < 4.78 is 18.3. The number of ether oxygens (including phenoxy) is 1. The lowest BCUT2D eigenvalue weighted by atomic mass is 10.0. The Bertz CT molecular complexity index is 547. The first-order chi connectivity index (χ1) is 11.6. The fourth-order valence-corrected chi connectivity index (χ4v) is 3.32. The van der Waals surface area contributed by atoms with Crippen molar-refractivity contribution in [1.29, 1.82) is 0 Å². The van der Waals surface area contributed by atoms with Crippen LogP contribution in [0.5, 0.6) is 5.75 Å². The van der Waals surface area contributed by atoms with Gasteiger partial charge in [0.05, 0.1) is 0 Å². The molecule has 24 heavy (non-hydrogen) atoms. The highest BCUT2D eigenvalue weighted by molar-refractivity contribution is 5.76. The normalized spacial score (nSPS) is 20.9. The van der Waals surface area contributed by atoms with Crippen LogP contribution in [0, 0.1) is 5.82 Å². The lowest BCUT2D eigenvalue weighted by Gasteiger charge is -2.36. The van der Waals surface area contributed by atoms with Crippen molar-refractivity contribution in [3.8, 4) is 5.75 Å². The molecule has 2 N–H and O–H groups in total. The predicted octanol–water partition coefficient (Wildman–Crippen LogP) is 1.06. The fraction of sp³-hybridized carbons (Fsp3) is 0.588. The standard InChI is InChI=1S/C17H24FN3O3/c18-13-1-3-16(4-2-13)24-12-15(22)11-20-8-5-14(6-9-20)21-10-7-19-17(21)23/h1-4,14-15,22H,5-12H2,(H,19,23)/t15-/m1/s1. The molecule has 2 aliphatic heterocycles. The van der Waals surface area contributed by atoms with Gasteiger partial charge in [0.15, 0.2) is 0 Å². The molecule has 0 unspecified atom stereocenters. The van der Waals surface area contributed by atoms with E-state index < -0.39 is 6.10 Å². The average molecular weight is 337 g/mol. The van der Waals surface area contributed by atoms with E-state index in [0.29, 0.717) is 18.3 Å². The molecule has 7 heteroatoms. The second-order valence-electron chi connectivity index (χ2n) is 6.38. The Labute approximate surface area is 141 Å². The highest BCUT2D eigenvalue weighted by Gasteiger charge is 2.30. The summed E-state index contributed by atoms with van der Waals surface area (Å²) in [7, 11) is 0. The lowest BCUT2D eigenvalue weighted by Crippen LogP contribution is -2.48. The predicted molar refractivity (Wildman–Crippen MR) is 87.5 cm³/mol. The van der Waals surface area contributed by atoms with E-state index in [1.54, 1.807) is 12.1 Å². The van der Waals surface area contributed by atoms with E-state index in [9.17, 15) is 14.3 Å². The van der Waals surface area contributed by atoms with Gasteiger partial charge in [-0.15, -0.1) is 0 Å². The number of hydrogen-bond acceptors (Lipinski definition) is 4. The number of nitrogens with zero attached hydrogens (tertiary/aromatic N) is 2. The third kappa shape index (κ3) is 4.36. The monoisotopic (exact) mass is 337 g/mol. The van der Waals surface area contributed by atoms with Gasteiger partial charge in [-0.3, -0.25) is 0 Å². The second kappa shape index (κ2) is 7.81. The van der Waals surface area contributed by atoms with E-state index >= 15 is 0 Å². The fourth-order valence-electron chi connectivity index (χ4n) is 3.32. The van der Waals surface area contributed by atoms with Gasteiger partial charge in [0, 0.05) is 38.8 Å². The van der Waals surface area contributed by atoms with Crippen LogP contribution < -0.4 is 10.1 Å². The summed E-state index contributed by atoms with van der Waals surface area (Å²) in [5.41, 5.74) is 0. The second-order valence-corrected chi connectivity index (χ2v) is 6.38. The van der Waals surface area contributed by atoms with Gasteiger partial charge in [0.2, 0.25) is 0 Å². The van der Waals surface area contributed by atoms with Gasteiger partial charge in [-0.05, 0) is 37.1 Å². The molecule has 2 fully saturated rings. The molecule has 1 atom stereocenters. The SMILES string of the molecule is O=C1NCCN1C1CCN(C[C@@H](O)COc2ccc(F)cc2)CC1. The summed E-state index contributed by atoms with van der Waals surface area (Å²) in [6.45, 7) is 3.97. The number of aliphatic hydroxyl groups is 1. The maximum atomic E-state index is 12.8. The van der Waals surface area contributed by atoms with Crippen LogP contribution in [-0.4, -0.2) is 72.4 Å². The molecule has 1 aromatic carbocycles. The Hall–Kier alpha value is -1.86. The number of benzene rings is 1. The van der Waals surface area contributed by atoms with Gasteiger partial charge >= 0.3 is 6.03 Å². The molecular formula is C17H24FN3O3. The molecule has 0 spiro atoms. The highest BCUT2D eigenvalue weighted by atomic mass is 19.1. The summed E-state index contributed by atoms with van der Waals surface area (Å²) in [6.07, 6.45) is 1.26. The molecule has 2 saturated heterocycles. The Balaban J connectivity index is 1.37. The topological polar surface area (TPSA) is 65.0 Å². The zero-order valence-electron chi connectivity index (χ0n) is 13.7. The minimum atomic E-state index is -0.596. The number of halogens is 1. The molecule has 1 aromatic rings. The number of hydrogen-bond donors (Lipinski definition) is 2. The molecule has 6 nitrogen and oxygen atoms in total. The molecule has 0 radical (unpaired) electrons. The van der Waals surface area contributed by atoms with E-state index in [-0.39, 0.29) is 18.5 Å². The number of nitrogens with one attached hydrogen (secondary N) is 1. The van der Waals surface area contributed by atoms with Crippen molar-refractivity contribution < 1.29 is 19.0 Å². The Morgan fingerprint density at radius 3 is 2.58 bits per heavy atom. The molecule has 3 rings (SSSR count). The van der Waals surface area contributed by atoms with Crippen molar-refractivity contribution in [3.63, 3.8) is 0 Å². The molecule has 0 bridgehead atoms. The van der Waals surface area contributed by atoms with Crippen LogP contribution >= 0.6 is 0 Å². The van der Waals surface area contributed by atoms with Crippen molar-refractivity contribution >= 4 is 6.03 Å². The number of carbonyl (C=O) groups is 1. The van der Waals surface area contributed by atoms with Crippen LogP contribution in [0.1, 0.15) is 12.8 Å². The minimum absolute atomic E-state index is 0.0428. The highest BCUT2D eigenvalue weighted by Crippen LogP contribution is 2.18. The zero-order chi connectivity index (χ0) is 16.9. The average Bonchev–Trinajstić information content (AvgIpc) is 3.01. The van der Waals surface area contributed by atoms with E-state index in [1.165, 1.54) is 12.1 Å². The molecule has 2 heterocycles. The van der Waals surface area contributed by atoms with Gasteiger partial charge in [-0.2, -0.15) is 0 Å². The number of β-amino-alcohol motifs (C(OH)–C–C–N with tert-alkyl or cyclic N) is 1. The van der Waals surface area contributed by atoms with Crippen LogP contribution in [0.3, 0.4) is 0 Å². The maximum Gasteiger partial charge on any atom is 0.317 e. The summed E-state index contributed by atoms with van der Waals surface area (Å²) in [5.74, 6) is 0.242. The molecule has 2 aliphatic rings. The van der Waals surface area contributed by atoms with Gasteiger partial charge in [-0.25, -0.2) is 9.18 Å². The Kier molecular flexibility index (Phi) is 5.52. The molecule has 0 aromatic heterocycles. The van der Waals surface area contributed by atoms with E-state index in [4.69, 9.17) is 4.74 Å². The molecule has 0 aliphatic carbocycles. The first kappa shape index (κ1) is 17.0. The number of likely N-dealkylation sites (tertiary alicyclic amines) is 1. The number of aliphatic hydroxyl groups excluding tert-OH is 1. The largest absolute Gasteiger partial charge is 0.491 e. The Morgan fingerprint density at radius 2 is 1.96 bits per heavy atom. The van der Waals surface area contributed by atoms with E-state index in [0.717, 1.165) is 39.0 Å². The molecule has 0 saturated carbocycles. The third-order valence-electron chi connectivity index (χ3n) is 4.61. The summed E-state index contributed by atoms with van der Waals surface area (Å²) in [5, 5.41) is 13.0. The van der Waals surface area contributed by atoms with Crippen molar-refractivity contribution in [2.75, 3.05) is 39.3 Å². The lowest BCUT2D eigenvalue weighted by molar-refractivity contribution is 0.0508. The summed E-state index contributed by atoms with van der Waals surface area (Å²) in [6, 6.07) is 6.11. The molecular weight excluding hydrogens is 313 g/mol. The molecule has 2 amide bonds. The van der Waals surface area contributed by atoms with Crippen molar-refractivity contribution in [3.05, 3.63) is 30.1 Å². The minimum Gasteiger partial charge on any atom is -0.491 e. The van der Waals surface area contributed by atoms with E-state index in [1.807, 2.05) is 4.90 Å². The number of carbonyl (C=O) groups excluding carboxylic acids is 1. The number of rotatable bonds is 6. The number of urea groups is 1. The van der Waals surface area contributed by atoms with Crippen molar-refractivity contribution in [1.82, 2.24) is 15.1 Å². The quantitative estimate of drug-likeness (QED) is 0.815. The van der Waals surface area contributed by atoms with Gasteiger partial charge in [0.1, 0.15) is 24.3 Å². The maximum absolute atomic E-state index is 12.8. The van der Waals surface area contributed by atoms with Crippen molar-refractivity contribution in [2.24, 2.45) is 0 Å². The van der Waals surface area contributed by atoms with Crippen molar-refractivity contribution in [2.45, 2.75) is 25.0 Å². The van der Waals surface area contributed by atoms with Gasteiger partial charge < -0.3 is 25.0 Å². The van der Waals surface area contributed by atoms with E-state index in [2.05, 4.69) is 10.2 Å². The smallest absolute Gasteiger partial charge is 0.317 e. The summed E-state index contributed by atoms with van der Waals surface area (Å²) in [4.78, 5) is 15.8. The first-order valence-corrected chi connectivity index (χ1v) is 8.45. The molecule has 132 valence electrons. The van der Waals surface area contributed by atoms with Crippen LogP contribution in [0.2, 0.25) is 0 Å². The van der Waals surface area contributed by atoms with Gasteiger partial charge in [0.25, 0.3) is 0 Å². The van der Waals surface area contributed by atoms with Crippen LogP contribution in [0.25, 0.3) is 0 Å². The summed E-state index contributed by atoms with van der Waals surface area (Å²) >= 11 is 0. The van der Waals surface area contributed by atoms with Crippen LogP contribution in [-0.2, 0) is 0 Å². The number of amides is 2. The third-order valence-corrected chi connectivity index (χ3v) is 4.61. The zero-order valence-corrected chi connectivity index (χ0v) is 13.7. The Morgan fingerprint density at radius 1 is 1.25 bits per heavy atom.